The number of nitrogens with zero attached hydrogens (tertiary/aromatic N) is 2. The molecule has 1 unspecified atom stereocenters. The maximum absolute atomic E-state index is 10.5. The Hall–Kier alpha value is -2.07. The largest absolute Gasteiger partial charge is 0.457 e. The molecule has 20 heavy (non-hydrogen) atoms. The Morgan fingerprint density at radius 1 is 1.30 bits per heavy atom. The van der Waals surface area contributed by atoms with E-state index >= 15 is 0 Å². The van der Waals surface area contributed by atoms with E-state index < -0.39 is 6.10 Å². The van der Waals surface area contributed by atoms with Crippen molar-refractivity contribution in [3.63, 3.8) is 0 Å². The van der Waals surface area contributed by atoms with E-state index in [0.717, 1.165) is 0 Å². The van der Waals surface area contributed by atoms with Gasteiger partial charge in [0.2, 0.25) is 0 Å². The first kappa shape index (κ1) is 14.3. The number of benzene rings is 1. The molecule has 2 rings (SSSR count). The summed E-state index contributed by atoms with van der Waals surface area (Å²) in [7, 11) is 0. The van der Waals surface area contributed by atoms with Crippen LogP contribution in [-0.4, -0.2) is 20.8 Å². The summed E-state index contributed by atoms with van der Waals surface area (Å²) in [5.74, 6) is 1.18. The standard InChI is InChI=1S/C16H20N2O2/c1-16(2,3)15(19)14(11-18-10-9-17-12-18)20-13-7-5-4-6-8-13/h4-12,15,19H,1-3H3/b14-11-. The molecule has 0 amide bonds. The molecule has 106 valence electrons. The molecular weight excluding hydrogens is 252 g/mol. The minimum atomic E-state index is -0.717. The van der Waals surface area contributed by atoms with Crippen molar-refractivity contribution in [2.24, 2.45) is 5.41 Å². The second-order valence-electron chi connectivity index (χ2n) is 5.73. The Labute approximate surface area is 119 Å². The number of imidazole rings is 1. The third-order valence-electron chi connectivity index (χ3n) is 2.87. The molecule has 0 aliphatic heterocycles. The first-order valence-electron chi connectivity index (χ1n) is 6.57. The summed E-state index contributed by atoms with van der Waals surface area (Å²) in [5.41, 5.74) is -0.318. The normalized spacial score (nSPS) is 14.1. The lowest BCUT2D eigenvalue weighted by atomic mass is 9.88. The molecule has 1 N–H and O–H groups in total. The number of aliphatic hydroxyl groups excluding tert-OH is 1. The van der Waals surface area contributed by atoms with Crippen LogP contribution in [0.2, 0.25) is 0 Å². The molecule has 2 aromatic rings. The molecule has 4 nitrogen and oxygen atoms in total. The SMILES string of the molecule is CC(C)(C)C(O)/C(=C/n1ccnc1)Oc1ccccc1. The molecule has 0 spiro atoms. The van der Waals surface area contributed by atoms with Gasteiger partial charge in [-0.1, -0.05) is 39.0 Å². The van der Waals surface area contributed by atoms with E-state index in [-0.39, 0.29) is 5.41 Å². The van der Waals surface area contributed by atoms with Crippen molar-refractivity contribution in [2.45, 2.75) is 26.9 Å². The summed E-state index contributed by atoms with van der Waals surface area (Å²) in [6.07, 6.45) is 6.16. The zero-order valence-corrected chi connectivity index (χ0v) is 12.0. The van der Waals surface area contributed by atoms with Gasteiger partial charge in [-0.2, -0.15) is 0 Å². The lowest BCUT2D eigenvalue weighted by molar-refractivity contribution is 0.0637. The summed E-state index contributed by atoms with van der Waals surface area (Å²) < 4.78 is 7.60. The van der Waals surface area contributed by atoms with Crippen LogP contribution < -0.4 is 4.74 Å². The Morgan fingerprint density at radius 3 is 2.55 bits per heavy atom. The van der Waals surface area contributed by atoms with E-state index in [9.17, 15) is 5.11 Å². The first-order chi connectivity index (χ1) is 9.47. The van der Waals surface area contributed by atoms with Crippen molar-refractivity contribution in [1.82, 2.24) is 9.55 Å². The number of aliphatic hydroxyl groups is 1. The topological polar surface area (TPSA) is 47.3 Å². The zero-order chi connectivity index (χ0) is 14.6. The van der Waals surface area contributed by atoms with Crippen molar-refractivity contribution in [1.29, 1.82) is 0 Å². The van der Waals surface area contributed by atoms with Crippen molar-refractivity contribution in [3.8, 4) is 5.75 Å². The molecule has 1 heterocycles. The molecule has 1 aromatic carbocycles. The lowest BCUT2D eigenvalue weighted by Crippen LogP contribution is -2.30. The molecule has 0 saturated heterocycles. The number of rotatable bonds is 4. The number of para-hydroxylation sites is 1. The van der Waals surface area contributed by atoms with Crippen LogP contribution in [0.5, 0.6) is 5.75 Å². The van der Waals surface area contributed by atoms with E-state index in [0.29, 0.717) is 11.5 Å². The highest BCUT2D eigenvalue weighted by molar-refractivity contribution is 5.34. The predicted octanol–water partition coefficient (Wildman–Crippen LogP) is 3.17. The van der Waals surface area contributed by atoms with E-state index in [1.54, 1.807) is 29.5 Å². The number of aromatic nitrogens is 2. The molecule has 0 aliphatic rings. The summed E-state index contributed by atoms with van der Waals surface area (Å²) >= 11 is 0. The molecular formula is C16H20N2O2. The van der Waals surface area contributed by atoms with Crippen LogP contribution in [0.25, 0.3) is 6.20 Å². The van der Waals surface area contributed by atoms with E-state index in [1.807, 2.05) is 51.1 Å². The van der Waals surface area contributed by atoms with E-state index in [2.05, 4.69) is 4.98 Å². The van der Waals surface area contributed by atoms with Gasteiger partial charge >= 0.3 is 0 Å². The van der Waals surface area contributed by atoms with E-state index in [1.165, 1.54) is 0 Å². The Kier molecular flexibility index (Phi) is 4.25. The fourth-order valence-electron chi connectivity index (χ4n) is 1.70. The molecule has 0 saturated carbocycles. The average Bonchev–Trinajstić information content (AvgIpc) is 2.90. The monoisotopic (exact) mass is 272 g/mol. The van der Waals surface area contributed by atoms with Gasteiger partial charge in [0.25, 0.3) is 0 Å². The Bertz CT molecular complexity index is 554. The Balaban J connectivity index is 2.30. The molecule has 1 aromatic heterocycles. The van der Waals surface area contributed by atoms with Crippen molar-refractivity contribution in [3.05, 3.63) is 54.8 Å². The molecule has 1 atom stereocenters. The van der Waals surface area contributed by atoms with Crippen LogP contribution in [0.3, 0.4) is 0 Å². The molecule has 4 heteroatoms. The maximum atomic E-state index is 10.5. The Morgan fingerprint density at radius 2 is 2.00 bits per heavy atom. The number of hydrogen-bond donors (Lipinski definition) is 1. The smallest absolute Gasteiger partial charge is 0.150 e. The highest BCUT2D eigenvalue weighted by Crippen LogP contribution is 2.27. The molecule has 0 radical (unpaired) electrons. The van der Waals surface area contributed by atoms with Gasteiger partial charge in [-0.15, -0.1) is 0 Å². The maximum Gasteiger partial charge on any atom is 0.150 e. The molecule has 0 aliphatic carbocycles. The third kappa shape index (κ3) is 3.71. The number of hydrogen-bond acceptors (Lipinski definition) is 3. The molecule has 0 fully saturated rings. The summed E-state index contributed by atoms with van der Waals surface area (Å²) in [6.45, 7) is 5.90. The van der Waals surface area contributed by atoms with Gasteiger partial charge in [-0.05, 0) is 17.5 Å². The highest BCUT2D eigenvalue weighted by Gasteiger charge is 2.27. The zero-order valence-electron chi connectivity index (χ0n) is 12.0. The second kappa shape index (κ2) is 5.92. The predicted molar refractivity (Wildman–Crippen MR) is 79.0 cm³/mol. The second-order valence-corrected chi connectivity index (χ2v) is 5.73. The molecule has 0 bridgehead atoms. The van der Waals surface area contributed by atoms with Crippen LogP contribution in [0.15, 0.2) is 54.8 Å². The van der Waals surface area contributed by atoms with Crippen molar-refractivity contribution in [2.75, 3.05) is 0 Å². The summed E-state index contributed by atoms with van der Waals surface area (Å²) in [6, 6.07) is 9.43. The van der Waals surface area contributed by atoms with Crippen LogP contribution in [0, 0.1) is 5.41 Å². The third-order valence-corrected chi connectivity index (χ3v) is 2.87. The van der Waals surface area contributed by atoms with Crippen LogP contribution in [0.1, 0.15) is 20.8 Å². The minimum Gasteiger partial charge on any atom is -0.457 e. The number of ether oxygens (including phenoxy) is 1. The van der Waals surface area contributed by atoms with Gasteiger partial charge in [0.1, 0.15) is 17.6 Å². The van der Waals surface area contributed by atoms with Gasteiger partial charge < -0.3 is 14.4 Å². The fourth-order valence-corrected chi connectivity index (χ4v) is 1.70. The van der Waals surface area contributed by atoms with Gasteiger partial charge in [0.05, 0.1) is 12.5 Å². The fraction of sp³-hybridized carbons (Fsp3) is 0.312. The minimum absolute atomic E-state index is 0.318. The average molecular weight is 272 g/mol. The lowest BCUT2D eigenvalue weighted by Gasteiger charge is -2.27. The van der Waals surface area contributed by atoms with E-state index in [4.69, 9.17) is 4.74 Å². The van der Waals surface area contributed by atoms with Crippen LogP contribution >= 0.6 is 0 Å². The van der Waals surface area contributed by atoms with Gasteiger partial charge in [0.15, 0.2) is 0 Å². The highest BCUT2D eigenvalue weighted by atomic mass is 16.5. The van der Waals surface area contributed by atoms with Gasteiger partial charge in [0, 0.05) is 12.4 Å². The summed E-state index contributed by atoms with van der Waals surface area (Å²) in [5, 5.41) is 10.5. The van der Waals surface area contributed by atoms with Crippen LogP contribution in [-0.2, 0) is 0 Å². The van der Waals surface area contributed by atoms with Crippen molar-refractivity contribution >= 4 is 6.20 Å². The quantitative estimate of drug-likeness (QED) is 0.870. The van der Waals surface area contributed by atoms with Gasteiger partial charge in [-0.3, -0.25) is 0 Å². The van der Waals surface area contributed by atoms with Gasteiger partial charge in [-0.25, -0.2) is 4.98 Å². The van der Waals surface area contributed by atoms with Crippen LogP contribution in [0.4, 0.5) is 0 Å². The first-order valence-corrected chi connectivity index (χ1v) is 6.57. The van der Waals surface area contributed by atoms with Crippen molar-refractivity contribution < 1.29 is 9.84 Å². The summed E-state index contributed by atoms with van der Waals surface area (Å²) in [4.78, 5) is 3.98.